The van der Waals surface area contributed by atoms with Gasteiger partial charge in [-0.25, -0.2) is 0 Å². The van der Waals surface area contributed by atoms with Crippen LogP contribution in [-0.4, -0.2) is 35.7 Å². The third-order valence-electron chi connectivity index (χ3n) is 3.96. The van der Waals surface area contributed by atoms with Crippen molar-refractivity contribution in [3.05, 3.63) is 69.7 Å². The van der Waals surface area contributed by atoms with E-state index in [1.807, 2.05) is 19.1 Å². The van der Waals surface area contributed by atoms with Crippen LogP contribution in [0.1, 0.15) is 36.6 Å². The van der Waals surface area contributed by atoms with Crippen molar-refractivity contribution in [2.24, 2.45) is 0 Å². The fourth-order valence-corrected chi connectivity index (χ4v) is 2.95. The smallest absolute Gasteiger partial charge is 0.263 e. The topological polar surface area (TPSA) is 66.5 Å². The predicted molar refractivity (Wildman–Crippen MR) is 90.3 cm³/mol. The Kier molecular flexibility index (Phi) is 4.36. The van der Waals surface area contributed by atoms with E-state index in [1.54, 1.807) is 30.3 Å². The molecule has 1 heterocycles. The zero-order valence-electron chi connectivity index (χ0n) is 13.0. The largest absolute Gasteiger partial charge is 0.350 e. The molecule has 122 valence electrons. The molecule has 3 amide bonds. The minimum absolute atomic E-state index is 0.0975. The molecule has 0 spiro atoms. The molecule has 1 aliphatic heterocycles. The van der Waals surface area contributed by atoms with Crippen LogP contribution in [0.4, 0.5) is 0 Å². The van der Waals surface area contributed by atoms with Gasteiger partial charge in [0.25, 0.3) is 17.7 Å². The molecule has 5 nitrogen and oxygen atoms in total. The first-order chi connectivity index (χ1) is 11.5. The van der Waals surface area contributed by atoms with Crippen molar-refractivity contribution in [2.75, 3.05) is 13.1 Å². The summed E-state index contributed by atoms with van der Waals surface area (Å²) in [6.07, 6.45) is 0. The summed E-state index contributed by atoms with van der Waals surface area (Å²) >= 11 is 6.01. The molecule has 0 aromatic heterocycles. The maximum absolute atomic E-state index is 12.3. The summed E-state index contributed by atoms with van der Waals surface area (Å²) in [5.74, 6) is -1.05. The monoisotopic (exact) mass is 342 g/mol. The highest BCUT2D eigenvalue weighted by Gasteiger charge is 2.36. The number of nitrogens with one attached hydrogen (secondary N) is 1. The van der Waals surface area contributed by atoms with Crippen LogP contribution in [0.5, 0.6) is 0 Å². The van der Waals surface area contributed by atoms with Crippen molar-refractivity contribution in [1.82, 2.24) is 10.2 Å². The molecule has 0 saturated heterocycles. The molecule has 0 saturated carbocycles. The molecule has 2 aromatic carbocycles. The van der Waals surface area contributed by atoms with E-state index in [0.717, 1.165) is 10.5 Å². The number of aryl methyl sites for hydroxylation is 1. The molecule has 3 rings (SSSR count). The van der Waals surface area contributed by atoms with Crippen LogP contribution in [-0.2, 0) is 0 Å². The van der Waals surface area contributed by atoms with Gasteiger partial charge in [-0.3, -0.25) is 19.3 Å². The Balaban J connectivity index is 1.65. The summed E-state index contributed by atoms with van der Waals surface area (Å²) in [6, 6.07) is 12.0. The van der Waals surface area contributed by atoms with E-state index < -0.39 is 5.91 Å². The molecule has 0 unspecified atom stereocenters. The Morgan fingerprint density at radius 3 is 2.54 bits per heavy atom. The summed E-state index contributed by atoms with van der Waals surface area (Å²) in [7, 11) is 0. The number of nitrogens with zero attached hydrogens (tertiary/aromatic N) is 1. The summed E-state index contributed by atoms with van der Waals surface area (Å²) in [4.78, 5) is 37.9. The number of amides is 3. The number of carbonyl (C=O) groups excluding carboxylic acids is 3. The lowest BCUT2D eigenvalue weighted by Crippen LogP contribution is -2.38. The minimum atomic E-state index is -0.425. The van der Waals surface area contributed by atoms with Crippen molar-refractivity contribution in [2.45, 2.75) is 6.92 Å². The van der Waals surface area contributed by atoms with Gasteiger partial charge >= 0.3 is 0 Å². The van der Waals surface area contributed by atoms with Crippen molar-refractivity contribution >= 4 is 29.3 Å². The number of hydrogen-bond acceptors (Lipinski definition) is 3. The number of hydrogen-bond donors (Lipinski definition) is 1. The van der Waals surface area contributed by atoms with Crippen LogP contribution < -0.4 is 5.32 Å². The van der Waals surface area contributed by atoms with E-state index in [-0.39, 0.29) is 35.5 Å². The Morgan fingerprint density at radius 2 is 1.83 bits per heavy atom. The third kappa shape index (κ3) is 2.78. The van der Waals surface area contributed by atoms with Crippen LogP contribution in [0.15, 0.2) is 42.5 Å². The second-order valence-electron chi connectivity index (χ2n) is 5.50. The molecule has 24 heavy (non-hydrogen) atoms. The van der Waals surface area contributed by atoms with Gasteiger partial charge in [-0.1, -0.05) is 35.9 Å². The molecule has 0 aliphatic carbocycles. The highest BCUT2D eigenvalue weighted by atomic mass is 35.5. The van der Waals surface area contributed by atoms with Crippen LogP contribution in [0.25, 0.3) is 0 Å². The molecule has 1 N–H and O–H groups in total. The molecule has 1 aliphatic rings. The minimum Gasteiger partial charge on any atom is -0.350 e. The Hall–Kier alpha value is -2.66. The standard InChI is InChI=1S/C18H15ClN2O3/c1-11-5-2-3-6-12(11)16(22)20-9-10-21-17(23)13-7-4-8-14(19)15(13)18(21)24/h2-8H,9-10H2,1H3,(H,20,22). The molecular weight excluding hydrogens is 328 g/mol. The van der Waals surface area contributed by atoms with Crippen molar-refractivity contribution < 1.29 is 14.4 Å². The summed E-state index contributed by atoms with van der Waals surface area (Å²) in [5.41, 5.74) is 1.97. The van der Waals surface area contributed by atoms with Crippen LogP contribution in [0.2, 0.25) is 5.02 Å². The number of benzene rings is 2. The first-order valence-electron chi connectivity index (χ1n) is 7.49. The number of fused-ring (bicyclic) bond motifs is 1. The lowest BCUT2D eigenvalue weighted by atomic mass is 10.1. The van der Waals surface area contributed by atoms with Crippen molar-refractivity contribution in [3.63, 3.8) is 0 Å². The van der Waals surface area contributed by atoms with Gasteiger partial charge in [-0.05, 0) is 30.7 Å². The third-order valence-corrected chi connectivity index (χ3v) is 4.27. The zero-order valence-corrected chi connectivity index (χ0v) is 13.8. The van der Waals surface area contributed by atoms with E-state index in [4.69, 9.17) is 11.6 Å². The number of carbonyl (C=O) groups is 3. The van der Waals surface area contributed by atoms with Gasteiger partial charge in [0.05, 0.1) is 16.1 Å². The van der Waals surface area contributed by atoms with Crippen molar-refractivity contribution in [3.8, 4) is 0 Å². The van der Waals surface area contributed by atoms with E-state index in [0.29, 0.717) is 11.1 Å². The van der Waals surface area contributed by atoms with E-state index in [1.165, 1.54) is 0 Å². The van der Waals surface area contributed by atoms with Gasteiger partial charge in [0, 0.05) is 18.7 Å². The van der Waals surface area contributed by atoms with Crippen molar-refractivity contribution in [1.29, 1.82) is 0 Å². The quantitative estimate of drug-likeness (QED) is 0.869. The summed E-state index contributed by atoms with van der Waals surface area (Å²) in [6.45, 7) is 2.12. The SMILES string of the molecule is Cc1ccccc1C(=O)NCCN1C(=O)c2cccc(Cl)c2C1=O. The molecule has 0 bridgehead atoms. The lowest BCUT2D eigenvalue weighted by Gasteiger charge is -2.14. The summed E-state index contributed by atoms with van der Waals surface area (Å²) in [5, 5.41) is 2.99. The van der Waals surface area contributed by atoms with Gasteiger partial charge in [0.15, 0.2) is 0 Å². The van der Waals surface area contributed by atoms with Crippen LogP contribution in [0, 0.1) is 6.92 Å². The number of rotatable bonds is 4. The van der Waals surface area contributed by atoms with Gasteiger partial charge in [-0.15, -0.1) is 0 Å². The predicted octanol–water partition coefficient (Wildman–Crippen LogP) is 2.67. The Labute approximate surface area is 144 Å². The number of halogens is 1. The van der Waals surface area contributed by atoms with Gasteiger partial charge in [0.1, 0.15) is 0 Å². The maximum atomic E-state index is 12.3. The average molecular weight is 343 g/mol. The van der Waals surface area contributed by atoms with E-state index in [9.17, 15) is 14.4 Å². The highest BCUT2D eigenvalue weighted by Crippen LogP contribution is 2.28. The molecular formula is C18H15ClN2O3. The molecule has 0 atom stereocenters. The average Bonchev–Trinajstić information content (AvgIpc) is 2.81. The van der Waals surface area contributed by atoms with Gasteiger partial charge in [0.2, 0.25) is 0 Å². The van der Waals surface area contributed by atoms with Gasteiger partial charge < -0.3 is 5.32 Å². The first kappa shape index (κ1) is 16.2. The highest BCUT2D eigenvalue weighted by molar-refractivity contribution is 6.37. The molecule has 2 aromatic rings. The molecule has 0 radical (unpaired) electrons. The molecule has 0 fully saturated rings. The number of imide groups is 1. The fraction of sp³-hybridized carbons (Fsp3) is 0.167. The fourth-order valence-electron chi connectivity index (χ4n) is 2.70. The lowest BCUT2D eigenvalue weighted by molar-refractivity contribution is 0.0650. The maximum Gasteiger partial charge on any atom is 0.263 e. The normalized spacial score (nSPS) is 13.2. The zero-order chi connectivity index (χ0) is 17.3. The van der Waals surface area contributed by atoms with Crippen LogP contribution >= 0.6 is 11.6 Å². The second kappa shape index (κ2) is 6.45. The van der Waals surface area contributed by atoms with Gasteiger partial charge in [-0.2, -0.15) is 0 Å². The first-order valence-corrected chi connectivity index (χ1v) is 7.87. The second-order valence-corrected chi connectivity index (χ2v) is 5.90. The van der Waals surface area contributed by atoms with E-state index >= 15 is 0 Å². The Morgan fingerprint density at radius 1 is 1.08 bits per heavy atom. The summed E-state index contributed by atoms with van der Waals surface area (Å²) < 4.78 is 0. The van der Waals surface area contributed by atoms with Crippen LogP contribution in [0.3, 0.4) is 0 Å². The van der Waals surface area contributed by atoms with E-state index in [2.05, 4.69) is 5.32 Å². The molecule has 6 heteroatoms. The Bertz CT molecular complexity index is 848.